The lowest BCUT2D eigenvalue weighted by Crippen LogP contribution is -2.39. The van der Waals surface area contributed by atoms with Gasteiger partial charge in [-0.3, -0.25) is 9.10 Å². The second-order valence-corrected chi connectivity index (χ2v) is 13.4. The van der Waals surface area contributed by atoms with E-state index >= 15 is 0 Å². The predicted molar refractivity (Wildman–Crippen MR) is 151 cm³/mol. The summed E-state index contributed by atoms with van der Waals surface area (Å²) in [7, 11) is -3.91. The van der Waals surface area contributed by atoms with Gasteiger partial charge in [-0.1, -0.05) is 40.5 Å². The number of hydrogen-bond acceptors (Lipinski definition) is 4. The summed E-state index contributed by atoms with van der Waals surface area (Å²) in [5.74, 6) is 0.957. The van der Waals surface area contributed by atoms with Crippen LogP contribution in [0.15, 0.2) is 74.9 Å². The lowest BCUT2D eigenvalue weighted by Gasteiger charge is -2.32. The Bertz CT molecular complexity index is 1360. The summed E-state index contributed by atoms with van der Waals surface area (Å²) < 4.78 is 29.6. The van der Waals surface area contributed by atoms with Crippen molar-refractivity contribution in [1.82, 2.24) is 5.32 Å². The Hall–Kier alpha value is -2.00. The molecule has 190 valence electrons. The van der Waals surface area contributed by atoms with Crippen LogP contribution >= 0.6 is 39.3 Å². The number of amides is 1. The van der Waals surface area contributed by atoms with Gasteiger partial charge in [0.05, 0.1) is 16.6 Å². The zero-order valence-corrected chi connectivity index (χ0v) is 24.3. The van der Waals surface area contributed by atoms with Crippen LogP contribution in [-0.2, 0) is 14.8 Å². The molecule has 1 aliphatic heterocycles. The minimum Gasteiger partial charge on any atom is -0.349 e. The van der Waals surface area contributed by atoms with Crippen molar-refractivity contribution in [2.75, 3.05) is 16.6 Å². The Morgan fingerprint density at radius 3 is 2.42 bits per heavy atom. The van der Waals surface area contributed by atoms with Gasteiger partial charge in [0.2, 0.25) is 5.91 Å². The van der Waals surface area contributed by atoms with E-state index in [1.165, 1.54) is 16.4 Å². The SMILES string of the molecule is Cc1cc(C)cc(N(CCC(=O)NC2c3cc(Br)ccc3SCC2C)S(=O)(=O)c2ccc(Cl)cc2)c1. The fourth-order valence-electron chi connectivity index (χ4n) is 4.40. The van der Waals surface area contributed by atoms with Crippen LogP contribution in [0, 0.1) is 19.8 Å². The maximum absolute atomic E-state index is 13.7. The molecule has 3 aromatic carbocycles. The Kier molecular flexibility index (Phi) is 8.39. The Balaban J connectivity index is 1.59. The van der Waals surface area contributed by atoms with E-state index in [2.05, 4.69) is 40.3 Å². The van der Waals surface area contributed by atoms with Crippen molar-refractivity contribution in [3.05, 3.63) is 86.8 Å². The van der Waals surface area contributed by atoms with Gasteiger partial charge in [0.25, 0.3) is 10.0 Å². The predicted octanol–water partition coefficient (Wildman–Crippen LogP) is 6.90. The molecule has 2 atom stereocenters. The molecule has 1 N–H and O–H groups in total. The van der Waals surface area contributed by atoms with Crippen molar-refractivity contribution in [2.24, 2.45) is 5.92 Å². The number of halogens is 2. The average Bonchev–Trinajstić information content (AvgIpc) is 2.80. The molecule has 1 aliphatic rings. The molecular formula is C27H28BrClN2O3S2. The second-order valence-electron chi connectivity index (χ2n) is 9.14. The molecule has 0 bridgehead atoms. The van der Waals surface area contributed by atoms with Crippen molar-refractivity contribution in [1.29, 1.82) is 0 Å². The van der Waals surface area contributed by atoms with E-state index in [0.717, 1.165) is 31.8 Å². The third-order valence-electron chi connectivity index (χ3n) is 6.13. The van der Waals surface area contributed by atoms with Crippen molar-refractivity contribution >= 4 is 60.9 Å². The highest BCUT2D eigenvalue weighted by Gasteiger charge is 2.30. The van der Waals surface area contributed by atoms with Gasteiger partial charge in [0, 0.05) is 33.1 Å². The van der Waals surface area contributed by atoms with Gasteiger partial charge in [-0.25, -0.2) is 8.42 Å². The number of nitrogens with zero attached hydrogens (tertiary/aromatic N) is 1. The first kappa shape index (κ1) is 27.0. The third kappa shape index (κ3) is 6.10. The first-order valence-corrected chi connectivity index (χ1v) is 15.2. The molecule has 36 heavy (non-hydrogen) atoms. The van der Waals surface area contributed by atoms with Crippen molar-refractivity contribution in [3.8, 4) is 0 Å². The van der Waals surface area contributed by atoms with Crippen LogP contribution in [0.25, 0.3) is 0 Å². The summed E-state index contributed by atoms with van der Waals surface area (Å²) in [4.78, 5) is 14.4. The normalized spacial score (nSPS) is 17.4. The van der Waals surface area contributed by atoms with Gasteiger partial charge in [-0.15, -0.1) is 11.8 Å². The van der Waals surface area contributed by atoms with E-state index in [9.17, 15) is 13.2 Å². The average molecular weight is 608 g/mol. The standard InChI is InChI=1S/C27H28BrClN2O3S2/c1-17-12-18(2)14-22(13-17)31(36(33,34)23-7-5-21(29)6-8-23)11-10-26(32)30-27-19(3)16-35-25-9-4-20(28)15-24(25)27/h4-9,12-15,19,27H,10-11,16H2,1-3H3,(H,30,32). The number of carbonyl (C=O) groups excluding carboxylic acids is 1. The van der Waals surface area contributed by atoms with Crippen molar-refractivity contribution in [2.45, 2.75) is 43.0 Å². The van der Waals surface area contributed by atoms with Gasteiger partial charge in [0.1, 0.15) is 0 Å². The lowest BCUT2D eigenvalue weighted by molar-refractivity contribution is -0.122. The summed E-state index contributed by atoms with van der Waals surface area (Å²) in [6.45, 7) is 5.98. The number of nitrogens with one attached hydrogen (secondary N) is 1. The quantitative estimate of drug-likeness (QED) is 0.317. The van der Waals surface area contributed by atoms with Crippen LogP contribution in [-0.4, -0.2) is 26.6 Å². The summed E-state index contributed by atoms with van der Waals surface area (Å²) in [5.41, 5.74) is 3.51. The number of carbonyl (C=O) groups is 1. The van der Waals surface area contributed by atoms with Crippen molar-refractivity contribution < 1.29 is 13.2 Å². The van der Waals surface area contributed by atoms with Gasteiger partial charge in [-0.2, -0.15) is 0 Å². The highest BCUT2D eigenvalue weighted by Crippen LogP contribution is 2.40. The highest BCUT2D eigenvalue weighted by molar-refractivity contribution is 9.10. The van der Waals surface area contributed by atoms with Crippen LogP contribution < -0.4 is 9.62 Å². The van der Waals surface area contributed by atoms with Crippen LogP contribution in [0.5, 0.6) is 0 Å². The molecule has 0 aromatic heterocycles. The highest BCUT2D eigenvalue weighted by atomic mass is 79.9. The zero-order chi connectivity index (χ0) is 26.0. The van der Waals surface area contributed by atoms with Gasteiger partial charge in [-0.05, 0) is 91.1 Å². The number of fused-ring (bicyclic) bond motifs is 1. The van der Waals surface area contributed by atoms with Crippen LogP contribution in [0.3, 0.4) is 0 Å². The molecule has 2 unspecified atom stereocenters. The maximum Gasteiger partial charge on any atom is 0.264 e. The fraction of sp³-hybridized carbons (Fsp3) is 0.296. The molecule has 1 heterocycles. The molecule has 3 aromatic rings. The topological polar surface area (TPSA) is 66.5 Å². The van der Waals surface area contributed by atoms with E-state index < -0.39 is 10.0 Å². The summed E-state index contributed by atoms with van der Waals surface area (Å²) in [6.07, 6.45) is 0.0273. The molecule has 9 heteroatoms. The summed E-state index contributed by atoms with van der Waals surface area (Å²) >= 11 is 11.3. The van der Waals surface area contributed by atoms with Gasteiger partial charge < -0.3 is 5.32 Å². The molecule has 0 saturated heterocycles. The molecule has 4 rings (SSSR count). The lowest BCUT2D eigenvalue weighted by atomic mass is 9.95. The largest absolute Gasteiger partial charge is 0.349 e. The molecule has 0 spiro atoms. The third-order valence-corrected chi connectivity index (χ3v) is 10.1. The number of hydrogen-bond donors (Lipinski definition) is 1. The fourth-order valence-corrected chi connectivity index (χ4v) is 7.51. The van der Waals surface area contributed by atoms with E-state index in [-0.39, 0.29) is 35.7 Å². The molecule has 1 amide bonds. The number of thioether (sulfide) groups is 1. The van der Waals surface area contributed by atoms with Gasteiger partial charge in [0.15, 0.2) is 0 Å². The number of anilines is 1. The van der Waals surface area contributed by atoms with E-state index in [4.69, 9.17) is 11.6 Å². The molecule has 0 radical (unpaired) electrons. The van der Waals surface area contributed by atoms with Crippen LogP contribution in [0.2, 0.25) is 5.02 Å². The maximum atomic E-state index is 13.7. The summed E-state index contributed by atoms with van der Waals surface area (Å²) in [6, 6.07) is 17.7. The Labute approximate surface area is 230 Å². The van der Waals surface area contributed by atoms with Gasteiger partial charge >= 0.3 is 0 Å². The minimum absolute atomic E-state index is 0.0148. The molecule has 0 saturated carbocycles. The Morgan fingerprint density at radius 1 is 1.08 bits per heavy atom. The number of rotatable bonds is 7. The van der Waals surface area contributed by atoms with E-state index in [0.29, 0.717) is 10.7 Å². The molecule has 0 fully saturated rings. The second kappa shape index (κ2) is 11.2. The number of aryl methyl sites for hydroxylation is 2. The molecule has 0 aliphatic carbocycles. The first-order valence-electron chi connectivity index (χ1n) is 11.6. The summed E-state index contributed by atoms with van der Waals surface area (Å²) in [5, 5.41) is 3.62. The molecular weight excluding hydrogens is 580 g/mol. The smallest absolute Gasteiger partial charge is 0.264 e. The first-order chi connectivity index (χ1) is 17.0. The Morgan fingerprint density at radius 2 is 1.75 bits per heavy atom. The van der Waals surface area contributed by atoms with Crippen LogP contribution in [0.4, 0.5) is 5.69 Å². The molecule has 5 nitrogen and oxygen atoms in total. The van der Waals surface area contributed by atoms with E-state index in [1.807, 2.05) is 38.1 Å². The minimum atomic E-state index is -3.91. The van der Waals surface area contributed by atoms with E-state index in [1.54, 1.807) is 23.9 Å². The van der Waals surface area contributed by atoms with Crippen molar-refractivity contribution in [3.63, 3.8) is 0 Å². The monoisotopic (exact) mass is 606 g/mol. The number of sulfonamides is 1. The van der Waals surface area contributed by atoms with Crippen LogP contribution in [0.1, 0.15) is 36.1 Å². The zero-order valence-electron chi connectivity index (χ0n) is 20.3. The number of benzene rings is 3.